The van der Waals surface area contributed by atoms with Crippen molar-refractivity contribution < 1.29 is 0 Å². The van der Waals surface area contributed by atoms with Gasteiger partial charge in [-0.15, -0.1) is 0 Å². The molecule has 11 unspecified atom stereocenters. The maximum absolute atomic E-state index is 12.1. The fourth-order valence-corrected chi connectivity index (χ4v) is 14.1. The average Bonchev–Trinajstić information content (AvgIpc) is 3.73. The zero-order valence-electron chi connectivity index (χ0n) is 41.7. The fourth-order valence-electron chi connectivity index (χ4n) is 14.1. The van der Waals surface area contributed by atoms with Crippen LogP contribution in [0.4, 0.5) is 0 Å². The second-order valence-electron chi connectivity index (χ2n) is 26.0. The molecule has 0 aromatic rings. The number of rotatable bonds is 4. The van der Waals surface area contributed by atoms with Crippen molar-refractivity contribution in [1.82, 2.24) is 9.80 Å². The minimum atomic E-state index is -0.338. The molecule has 0 aromatic carbocycles. The van der Waals surface area contributed by atoms with Gasteiger partial charge in [0.05, 0.1) is 29.8 Å². The quantitative estimate of drug-likeness (QED) is 0.286. The Morgan fingerprint density at radius 1 is 0.667 bits per heavy atom. The Balaban J connectivity index is 1.27. The second kappa shape index (κ2) is 16.2. The fraction of sp³-hybridized carbons (Fsp3) is 0.678. The van der Waals surface area contributed by atoms with Crippen LogP contribution in [0, 0.1) is 86.3 Å². The molecule has 0 bridgehead atoms. The number of nitrogens with zero attached hydrogens (tertiary/aromatic N) is 3. The van der Waals surface area contributed by atoms with Crippen molar-refractivity contribution in [2.75, 3.05) is 0 Å². The van der Waals surface area contributed by atoms with Gasteiger partial charge in [-0.05, 0) is 146 Å². The van der Waals surface area contributed by atoms with Gasteiger partial charge in [-0.1, -0.05) is 143 Å². The lowest BCUT2D eigenvalue weighted by Gasteiger charge is -2.52. The molecule has 9 rings (SSSR count). The average molecular weight is 849 g/mol. The molecule has 2 saturated heterocycles. The van der Waals surface area contributed by atoms with E-state index in [-0.39, 0.29) is 51.5 Å². The summed E-state index contributed by atoms with van der Waals surface area (Å²) in [4.78, 5) is 5.61. The number of hydrogen-bond donors (Lipinski definition) is 1. The van der Waals surface area contributed by atoms with Gasteiger partial charge in [0.2, 0.25) is 0 Å². The molecule has 63 heavy (non-hydrogen) atoms. The van der Waals surface area contributed by atoms with E-state index in [1.54, 1.807) is 11.1 Å². The van der Waals surface area contributed by atoms with Crippen molar-refractivity contribution in [3.8, 4) is 6.07 Å². The lowest BCUT2D eigenvalue weighted by Crippen LogP contribution is -2.55. The highest BCUT2D eigenvalue weighted by atomic mass is 15.3. The van der Waals surface area contributed by atoms with Crippen molar-refractivity contribution in [2.45, 2.75) is 179 Å². The Morgan fingerprint density at radius 3 is 1.92 bits per heavy atom. The van der Waals surface area contributed by atoms with E-state index in [0.29, 0.717) is 35.5 Å². The van der Waals surface area contributed by atoms with E-state index >= 15 is 0 Å². The summed E-state index contributed by atoms with van der Waals surface area (Å²) in [7, 11) is 0. The van der Waals surface area contributed by atoms with E-state index in [1.165, 1.54) is 60.3 Å². The minimum absolute atomic E-state index is 0.0238. The van der Waals surface area contributed by atoms with Crippen molar-refractivity contribution in [2.24, 2.45) is 80.7 Å². The molecule has 11 atom stereocenters. The monoisotopic (exact) mass is 849 g/mol. The summed E-state index contributed by atoms with van der Waals surface area (Å²) in [5, 5.41) is 12.1. The number of nitriles is 1. The largest absolute Gasteiger partial charge is 0.400 e. The van der Waals surface area contributed by atoms with Crippen LogP contribution in [-0.4, -0.2) is 21.9 Å². The molecule has 2 N–H and O–H groups in total. The van der Waals surface area contributed by atoms with Crippen LogP contribution >= 0.6 is 0 Å². The van der Waals surface area contributed by atoms with E-state index in [9.17, 15) is 5.26 Å². The molecule has 4 nitrogen and oxygen atoms in total. The van der Waals surface area contributed by atoms with Crippen LogP contribution < -0.4 is 5.73 Å². The standard InChI is InChI=1S/C59H84N4/c1-56(2,3)38-23-27-47-42(31-38)43-32-39(57(4,5)6)24-28-48(43)62(47)54-46(35-60)51(36-19-15-13-16-20-36)55(52(53(54)61)37-21-17-14-18-22-37)63-49-29-25-40(58(7,8)9)33-44(49)45-34-41(59(10,11)12)26-30-50(45)63/h17,19,21-22,27,29-30,32-33,38-42,45-46,48,51-52,55H,13-16,18,20,23-26,28,31,34,61H2,1-12H3. The number of fused-ring (bicyclic) bond motifs is 6. The summed E-state index contributed by atoms with van der Waals surface area (Å²) in [5.41, 5.74) is 21.6. The predicted octanol–water partition coefficient (Wildman–Crippen LogP) is 14.9. The first kappa shape index (κ1) is 44.7. The second-order valence-corrected chi connectivity index (χ2v) is 26.0. The highest BCUT2D eigenvalue weighted by molar-refractivity contribution is 5.54. The molecule has 0 amide bonds. The zero-order valence-corrected chi connectivity index (χ0v) is 41.7. The molecule has 0 saturated carbocycles. The zero-order chi connectivity index (χ0) is 45.0. The van der Waals surface area contributed by atoms with Gasteiger partial charge in [-0.2, -0.15) is 5.26 Å². The molecule has 9 aliphatic rings. The van der Waals surface area contributed by atoms with E-state index in [0.717, 1.165) is 62.8 Å². The van der Waals surface area contributed by atoms with Gasteiger partial charge in [0.25, 0.3) is 0 Å². The normalized spacial score (nSPS) is 36.1. The predicted molar refractivity (Wildman–Crippen MR) is 263 cm³/mol. The maximum atomic E-state index is 12.1. The molecular weight excluding hydrogens is 765 g/mol. The third-order valence-electron chi connectivity index (χ3n) is 18.2. The minimum Gasteiger partial charge on any atom is -0.400 e. The summed E-state index contributed by atoms with van der Waals surface area (Å²) < 4.78 is 0. The van der Waals surface area contributed by atoms with Gasteiger partial charge in [0.1, 0.15) is 0 Å². The lowest BCUT2D eigenvalue weighted by atomic mass is 9.63. The van der Waals surface area contributed by atoms with Crippen LogP contribution in [-0.2, 0) is 0 Å². The van der Waals surface area contributed by atoms with Crippen LogP contribution in [0.5, 0.6) is 0 Å². The Bertz CT molecular complexity index is 2160. The first-order valence-electron chi connectivity index (χ1n) is 25.8. The van der Waals surface area contributed by atoms with Crippen molar-refractivity contribution in [3.63, 3.8) is 0 Å². The van der Waals surface area contributed by atoms with Gasteiger partial charge in [-0.3, -0.25) is 0 Å². The number of hydrogen-bond acceptors (Lipinski definition) is 4. The van der Waals surface area contributed by atoms with Gasteiger partial charge >= 0.3 is 0 Å². The molecule has 2 fully saturated rings. The van der Waals surface area contributed by atoms with Crippen LogP contribution in [0.3, 0.4) is 0 Å². The first-order valence-corrected chi connectivity index (χ1v) is 25.8. The maximum Gasteiger partial charge on any atom is 0.0967 e. The van der Waals surface area contributed by atoms with Crippen LogP contribution in [0.2, 0.25) is 0 Å². The molecule has 0 radical (unpaired) electrons. The summed E-state index contributed by atoms with van der Waals surface area (Å²) in [6.45, 7) is 29.3. The molecule has 0 aromatic heterocycles. The molecular formula is C59H84N4. The van der Waals surface area contributed by atoms with Gasteiger partial charge in [0.15, 0.2) is 0 Å². The van der Waals surface area contributed by atoms with Gasteiger partial charge < -0.3 is 15.5 Å². The summed E-state index contributed by atoms with van der Waals surface area (Å²) in [6.07, 6.45) is 38.0. The van der Waals surface area contributed by atoms with E-state index < -0.39 is 0 Å². The number of likely N-dealkylation sites (tertiary alicyclic amines) is 2. The number of nitrogens with two attached hydrogens (primary N) is 1. The Morgan fingerprint density at radius 2 is 1.33 bits per heavy atom. The highest BCUT2D eigenvalue weighted by Crippen LogP contribution is 2.62. The van der Waals surface area contributed by atoms with E-state index in [2.05, 4.69) is 154 Å². The first-order chi connectivity index (χ1) is 29.7. The smallest absolute Gasteiger partial charge is 0.0967 e. The van der Waals surface area contributed by atoms with Gasteiger partial charge in [0, 0.05) is 46.5 Å². The van der Waals surface area contributed by atoms with Crippen molar-refractivity contribution in [3.05, 3.63) is 105 Å². The van der Waals surface area contributed by atoms with E-state index in [1.807, 2.05) is 0 Å². The highest BCUT2D eigenvalue weighted by Gasteiger charge is 2.58. The lowest BCUT2D eigenvalue weighted by molar-refractivity contribution is 0.139. The third kappa shape index (κ3) is 7.84. The van der Waals surface area contributed by atoms with Gasteiger partial charge in [-0.25, -0.2) is 0 Å². The summed E-state index contributed by atoms with van der Waals surface area (Å²) in [5.74, 6) is 2.71. The Labute approximate surface area is 384 Å². The van der Waals surface area contributed by atoms with Crippen molar-refractivity contribution in [1.29, 1.82) is 5.26 Å². The summed E-state index contributed by atoms with van der Waals surface area (Å²) >= 11 is 0. The molecule has 2 heterocycles. The molecule has 2 aliphatic heterocycles. The Hall–Kier alpha value is -3.45. The molecule has 0 spiro atoms. The summed E-state index contributed by atoms with van der Waals surface area (Å²) in [6, 6.07) is 3.44. The molecule has 4 heteroatoms. The SMILES string of the molecule is CC(C)(C)C1C=C2C(=CC1)N(C1C(C3=CCCC=C3)C(N)=C(N3C4=CCC(C(C)(C)C)CC4C4=CC(C(C)(C)C)CCC43)C(C#N)C1C1=CCCCC1)C1=CCC(C(C)(C)C)CC21. The molecule has 7 aliphatic carbocycles. The van der Waals surface area contributed by atoms with Crippen LogP contribution in [0.25, 0.3) is 0 Å². The number of allylic oxidation sites excluding steroid dienone is 13. The van der Waals surface area contributed by atoms with Crippen molar-refractivity contribution >= 4 is 0 Å². The Kier molecular flexibility index (Phi) is 11.5. The topological polar surface area (TPSA) is 56.3 Å². The molecule has 340 valence electrons. The third-order valence-corrected chi connectivity index (χ3v) is 18.2. The van der Waals surface area contributed by atoms with E-state index in [4.69, 9.17) is 5.73 Å². The van der Waals surface area contributed by atoms with Crippen LogP contribution in [0.1, 0.15) is 167 Å². The van der Waals surface area contributed by atoms with Crippen LogP contribution in [0.15, 0.2) is 105 Å².